The molecule has 1 aromatic carbocycles. The van der Waals surface area contributed by atoms with Gasteiger partial charge in [-0.3, -0.25) is 9.69 Å². The average molecular weight is 311 g/mol. The minimum atomic E-state index is -3.09. The molecule has 1 aliphatic rings. The number of amides is 1. The molecule has 1 fully saturated rings. The smallest absolute Gasteiger partial charge is 0.251 e. The fourth-order valence-corrected chi connectivity index (χ4v) is 3.26. The molecule has 0 bridgehead atoms. The minimum absolute atomic E-state index is 0.0984. The predicted molar refractivity (Wildman–Crippen MR) is 81.5 cm³/mol. The van der Waals surface area contributed by atoms with Gasteiger partial charge in [0.1, 0.15) is 0 Å². The van der Waals surface area contributed by atoms with E-state index in [1.165, 1.54) is 10.6 Å². The van der Waals surface area contributed by atoms with E-state index < -0.39 is 10.0 Å². The Morgan fingerprint density at radius 2 is 1.90 bits per heavy atom. The molecule has 0 aromatic heterocycles. The molecule has 6 nitrogen and oxygen atoms in total. The minimum Gasteiger partial charge on any atom is -0.355 e. The van der Waals surface area contributed by atoms with E-state index in [0.29, 0.717) is 31.7 Å². The van der Waals surface area contributed by atoms with Crippen LogP contribution in [0.3, 0.4) is 0 Å². The van der Waals surface area contributed by atoms with Crippen LogP contribution in [0.4, 0.5) is 0 Å². The van der Waals surface area contributed by atoms with Gasteiger partial charge in [-0.25, -0.2) is 8.42 Å². The Morgan fingerprint density at radius 1 is 1.24 bits per heavy atom. The highest BCUT2D eigenvalue weighted by molar-refractivity contribution is 7.88. The molecule has 0 spiro atoms. The standard InChI is InChI=1S/C14H21N3O3S/c1-15-14(18)13-5-3-4-12(10-13)11-16-6-8-17(9-7-16)21(2,19)20/h3-5,10H,6-9,11H2,1-2H3,(H,15,18). The molecule has 0 radical (unpaired) electrons. The Labute approximate surface area is 125 Å². The van der Waals surface area contributed by atoms with Gasteiger partial charge in [0.2, 0.25) is 10.0 Å². The molecule has 21 heavy (non-hydrogen) atoms. The van der Waals surface area contributed by atoms with Gasteiger partial charge >= 0.3 is 0 Å². The SMILES string of the molecule is CNC(=O)c1cccc(CN2CCN(S(C)(=O)=O)CC2)c1. The summed E-state index contributed by atoms with van der Waals surface area (Å²) in [4.78, 5) is 13.8. The summed E-state index contributed by atoms with van der Waals surface area (Å²) in [5.74, 6) is -0.0984. The zero-order valence-corrected chi connectivity index (χ0v) is 13.2. The first-order chi connectivity index (χ1) is 9.90. The van der Waals surface area contributed by atoms with Crippen molar-refractivity contribution in [1.29, 1.82) is 0 Å². The summed E-state index contributed by atoms with van der Waals surface area (Å²) >= 11 is 0. The molecule has 0 atom stereocenters. The molecule has 1 saturated heterocycles. The van der Waals surface area contributed by atoms with Crippen molar-refractivity contribution in [3.8, 4) is 0 Å². The van der Waals surface area contributed by atoms with E-state index in [1.54, 1.807) is 13.1 Å². The molecule has 1 aliphatic heterocycles. The Hall–Kier alpha value is -1.44. The lowest BCUT2D eigenvalue weighted by Crippen LogP contribution is -2.47. The first kappa shape index (κ1) is 15.9. The van der Waals surface area contributed by atoms with Gasteiger partial charge in [0, 0.05) is 45.3 Å². The van der Waals surface area contributed by atoms with E-state index >= 15 is 0 Å². The number of carbonyl (C=O) groups is 1. The van der Waals surface area contributed by atoms with Crippen LogP contribution in [0.2, 0.25) is 0 Å². The fourth-order valence-electron chi connectivity index (χ4n) is 2.43. The van der Waals surface area contributed by atoms with Crippen molar-refractivity contribution in [3.63, 3.8) is 0 Å². The molecule has 1 aromatic rings. The van der Waals surface area contributed by atoms with Crippen LogP contribution in [0, 0.1) is 0 Å². The van der Waals surface area contributed by atoms with Gasteiger partial charge in [0.25, 0.3) is 5.91 Å². The van der Waals surface area contributed by atoms with E-state index in [1.807, 2.05) is 18.2 Å². The number of hydrogen-bond donors (Lipinski definition) is 1. The number of carbonyl (C=O) groups excluding carboxylic acids is 1. The topological polar surface area (TPSA) is 69.7 Å². The van der Waals surface area contributed by atoms with E-state index in [2.05, 4.69) is 10.2 Å². The molecule has 1 heterocycles. The van der Waals surface area contributed by atoms with Crippen LogP contribution in [0.1, 0.15) is 15.9 Å². The summed E-state index contributed by atoms with van der Waals surface area (Å²) in [6.45, 7) is 3.18. The monoisotopic (exact) mass is 311 g/mol. The highest BCUT2D eigenvalue weighted by Gasteiger charge is 2.23. The van der Waals surface area contributed by atoms with Crippen LogP contribution in [-0.2, 0) is 16.6 Å². The van der Waals surface area contributed by atoms with Gasteiger partial charge < -0.3 is 5.32 Å². The third kappa shape index (κ3) is 4.26. The molecule has 0 unspecified atom stereocenters. The van der Waals surface area contributed by atoms with Crippen LogP contribution in [0.5, 0.6) is 0 Å². The van der Waals surface area contributed by atoms with Gasteiger partial charge in [-0.05, 0) is 17.7 Å². The number of benzene rings is 1. The molecule has 7 heteroatoms. The largest absolute Gasteiger partial charge is 0.355 e. The number of sulfonamides is 1. The van der Waals surface area contributed by atoms with Crippen LogP contribution < -0.4 is 5.32 Å². The lowest BCUT2D eigenvalue weighted by atomic mass is 10.1. The Kier molecular flexibility index (Phi) is 4.97. The van der Waals surface area contributed by atoms with E-state index in [0.717, 1.165) is 12.1 Å². The second kappa shape index (κ2) is 6.55. The second-order valence-electron chi connectivity index (χ2n) is 5.22. The Bertz CT molecular complexity index is 608. The number of nitrogens with one attached hydrogen (secondary N) is 1. The fraction of sp³-hybridized carbons (Fsp3) is 0.500. The Morgan fingerprint density at radius 3 is 2.48 bits per heavy atom. The normalized spacial score (nSPS) is 17.6. The summed E-state index contributed by atoms with van der Waals surface area (Å²) < 4.78 is 24.4. The quantitative estimate of drug-likeness (QED) is 0.858. The predicted octanol–water partition coefficient (Wildman–Crippen LogP) is 0.123. The number of piperazine rings is 1. The lowest BCUT2D eigenvalue weighted by molar-refractivity contribution is 0.0962. The van der Waals surface area contributed by atoms with Crippen LogP contribution in [-0.4, -0.2) is 63.0 Å². The van der Waals surface area contributed by atoms with Gasteiger partial charge in [-0.2, -0.15) is 4.31 Å². The van der Waals surface area contributed by atoms with Gasteiger partial charge in [-0.1, -0.05) is 12.1 Å². The van der Waals surface area contributed by atoms with Crippen LogP contribution >= 0.6 is 0 Å². The summed E-state index contributed by atoms with van der Waals surface area (Å²) in [6, 6.07) is 7.51. The molecule has 116 valence electrons. The maximum atomic E-state index is 11.6. The molecule has 1 N–H and O–H groups in total. The van der Waals surface area contributed by atoms with Crippen LogP contribution in [0.15, 0.2) is 24.3 Å². The third-order valence-corrected chi connectivity index (χ3v) is 4.93. The van der Waals surface area contributed by atoms with Crippen LogP contribution in [0.25, 0.3) is 0 Å². The lowest BCUT2D eigenvalue weighted by Gasteiger charge is -2.33. The first-order valence-corrected chi connectivity index (χ1v) is 8.73. The Balaban J connectivity index is 1.96. The summed E-state index contributed by atoms with van der Waals surface area (Å²) in [5, 5.41) is 2.61. The van der Waals surface area contributed by atoms with Crippen molar-refractivity contribution in [2.45, 2.75) is 6.54 Å². The van der Waals surface area contributed by atoms with Gasteiger partial charge in [-0.15, -0.1) is 0 Å². The summed E-state index contributed by atoms with van der Waals surface area (Å²) in [6.07, 6.45) is 1.25. The molecule has 2 rings (SSSR count). The van der Waals surface area contributed by atoms with Gasteiger partial charge in [0.05, 0.1) is 6.26 Å². The first-order valence-electron chi connectivity index (χ1n) is 6.88. The molecule has 1 amide bonds. The van der Waals surface area contributed by atoms with E-state index in [-0.39, 0.29) is 5.91 Å². The number of hydrogen-bond acceptors (Lipinski definition) is 4. The number of nitrogens with zero attached hydrogens (tertiary/aromatic N) is 2. The molecular formula is C14H21N3O3S. The highest BCUT2D eigenvalue weighted by Crippen LogP contribution is 2.12. The molecule has 0 aliphatic carbocycles. The number of rotatable bonds is 4. The molecule has 0 saturated carbocycles. The van der Waals surface area contributed by atoms with Crippen molar-refractivity contribution in [2.24, 2.45) is 0 Å². The van der Waals surface area contributed by atoms with E-state index in [9.17, 15) is 13.2 Å². The van der Waals surface area contributed by atoms with Crippen molar-refractivity contribution in [2.75, 3.05) is 39.5 Å². The van der Waals surface area contributed by atoms with Crippen molar-refractivity contribution < 1.29 is 13.2 Å². The molecular weight excluding hydrogens is 290 g/mol. The maximum absolute atomic E-state index is 11.6. The van der Waals surface area contributed by atoms with Gasteiger partial charge in [0.15, 0.2) is 0 Å². The summed E-state index contributed by atoms with van der Waals surface area (Å²) in [7, 11) is -1.48. The van der Waals surface area contributed by atoms with Crippen molar-refractivity contribution in [3.05, 3.63) is 35.4 Å². The second-order valence-corrected chi connectivity index (χ2v) is 7.20. The highest BCUT2D eigenvalue weighted by atomic mass is 32.2. The third-order valence-electron chi connectivity index (χ3n) is 3.62. The van der Waals surface area contributed by atoms with E-state index in [4.69, 9.17) is 0 Å². The zero-order chi connectivity index (χ0) is 15.5. The maximum Gasteiger partial charge on any atom is 0.251 e. The van der Waals surface area contributed by atoms with Crippen molar-refractivity contribution >= 4 is 15.9 Å². The average Bonchev–Trinajstić information content (AvgIpc) is 2.46. The summed E-state index contributed by atoms with van der Waals surface area (Å²) in [5.41, 5.74) is 1.70. The zero-order valence-electron chi connectivity index (χ0n) is 12.4. The van der Waals surface area contributed by atoms with Crippen molar-refractivity contribution in [1.82, 2.24) is 14.5 Å².